The van der Waals surface area contributed by atoms with Gasteiger partial charge in [0.2, 0.25) is 0 Å². The van der Waals surface area contributed by atoms with Crippen molar-refractivity contribution in [2.75, 3.05) is 20.3 Å². The molecule has 4 fully saturated rings. The van der Waals surface area contributed by atoms with Crippen molar-refractivity contribution in [2.45, 2.75) is 44.6 Å². The van der Waals surface area contributed by atoms with Crippen molar-refractivity contribution >= 4 is 0 Å². The van der Waals surface area contributed by atoms with Crippen molar-refractivity contribution < 1.29 is 10.1 Å². The Kier molecular flexibility index (Phi) is 3.21. The van der Waals surface area contributed by atoms with Gasteiger partial charge in [0.05, 0.1) is 19.2 Å². The molecular weight excluding hydrogens is 198 g/mol. The van der Waals surface area contributed by atoms with E-state index in [-0.39, 0.29) is 0 Å². The van der Waals surface area contributed by atoms with Crippen LogP contribution in [0.25, 0.3) is 0 Å². The maximum atomic E-state index is 5.13. The van der Waals surface area contributed by atoms with Gasteiger partial charge < -0.3 is 10.1 Å². The number of methoxy groups -OCH3 is 1. The Hall–Kier alpha value is -0.0800. The fourth-order valence-corrected chi connectivity index (χ4v) is 4.89. The molecule has 0 atom stereocenters. The SMILES string of the molecule is COCCC[NH2+]C1C2CC3CC(C2)CC1C3. The molecule has 0 radical (unpaired) electrons. The van der Waals surface area contributed by atoms with E-state index in [1.807, 2.05) is 7.11 Å². The van der Waals surface area contributed by atoms with Crippen LogP contribution >= 0.6 is 0 Å². The highest BCUT2D eigenvalue weighted by Crippen LogP contribution is 2.52. The predicted molar refractivity (Wildman–Crippen MR) is 64.1 cm³/mol. The van der Waals surface area contributed by atoms with Crippen LogP contribution in [0.3, 0.4) is 0 Å². The van der Waals surface area contributed by atoms with Crippen molar-refractivity contribution in [3.63, 3.8) is 0 Å². The normalized spacial score (nSPS) is 45.2. The van der Waals surface area contributed by atoms with E-state index in [0.29, 0.717) is 0 Å². The number of nitrogens with two attached hydrogens (primary N) is 1. The fraction of sp³-hybridized carbons (Fsp3) is 1.00. The molecule has 16 heavy (non-hydrogen) atoms. The van der Waals surface area contributed by atoms with Gasteiger partial charge in [-0.3, -0.25) is 0 Å². The topological polar surface area (TPSA) is 25.8 Å². The highest BCUT2D eigenvalue weighted by molar-refractivity contribution is 4.97. The zero-order valence-corrected chi connectivity index (χ0v) is 10.5. The molecule has 0 aromatic carbocycles. The van der Waals surface area contributed by atoms with E-state index in [2.05, 4.69) is 5.32 Å². The lowest BCUT2D eigenvalue weighted by Crippen LogP contribution is -2.94. The average Bonchev–Trinajstić information content (AvgIpc) is 2.26. The number of hydrogen-bond acceptors (Lipinski definition) is 1. The summed E-state index contributed by atoms with van der Waals surface area (Å²) in [6.45, 7) is 2.21. The molecule has 2 heteroatoms. The molecule has 0 aliphatic heterocycles. The third kappa shape index (κ3) is 2.02. The quantitative estimate of drug-likeness (QED) is 0.702. The van der Waals surface area contributed by atoms with Gasteiger partial charge in [-0.25, -0.2) is 0 Å². The Balaban J connectivity index is 1.52. The summed E-state index contributed by atoms with van der Waals surface area (Å²) in [5, 5.41) is 2.66. The van der Waals surface area contributed by atoms with Gasteiger partial charge in [-0.2, -0.15) is 0 Å². The molecule has 0 aromatic rings. The first kappa shape index (κ1) is 11.0. The summed E-state index contributed by atoms with van der Waals surface area (Å²) in [6, 6.07) is 0.977. The molecule has 0 saturated heterocycles. The lowest BCUT2D eigenvalue weighted by atomic mass is 9.54. The molecule has 4 aliphatic carbocycles. The van der Waals surface area contributed by atoms with Crippen molar-refractivity contribution in [3.8, 4) is 0 Å². The third-order valence-electron chi connectivity index (χ3n) is 5.29. The van der Waals surface area contributed by atoms with Crippen LogP contribution in [0.5, 0.6) is 0 Å². The highest BCUT2D eigenvalue weighted by Gasteiger charge is 2.49. The number of quaternary nitrogens is 1. The van der Waals surface area contributed by atoms with Gasteiger partial charge >= 0.3 is 0 Å². The van der Waals surface area contributed by atoms with E-state index in [9.17, 15) is 0 Å². The molecule has 4 aliphatic rings. The maximum absolute atomic E-state index is 5.13. The Labute approximate surface area is 99.1 Å². The molecule has 2 N–H and O–H groups in total. The first-order valence-corrected chi connectivity index (χ1v) is 7.19. The molecule has 4 bridgehead atoms. The minimum Gasteiger partial charge on any atom is -0.384 e. The summed E-state index contributed by atoms with van der Waals surface area (Å²) in [5.41, 5.74) is 0. The molecular formula is C14H26NO+. The Morgan fingerprint density at radius 3 is 2.19 bits per heavy atom. The van der Waals surface area contributed by atoms with Gasteiger partial charge in [-0.15, -0.1) is 0 Å². The second-order valence-corrected chi connectivity index (χ2v) is 6.38. The predicted octanol–water partition coefficient (Wildman–Crippen LogP) is 1.41. The van der Waals surface area contributed by atoms with Crippen LogP contribution in [-0.2, 0) is 4.74 Å². The van der Waals surface area contributed by atoms with Crippen molar-refractivity contribution in [1.82, 2.24) is 0 Å². The van der Waals surface area contributed by atoms with Crippen LogP contribution in [-0.4, -0.2) is 26.3 Å². The Bertz CT molecular complexity index is 213. The highest BCUT2D eigenvalue weighted by atomic mass is 16.5. The number of ether oxygens (including phenoxy) is 1. The molecule has 0 amide bonds. The molecule has 0 aromatic heterocycles. The monoisotopic (exact) mass is 224 g/mol. The fourth-order valence-electron chi connectivity index (χ4n) is 4.89. The van der Waals surface area contributed by atoms with E-state index >= 15 is 0 Å². The minimum absolute atomic E-state index is 0.934. The molecule has 0 spiro atoms. The van der Waals surface area contributed by atoms with Crippen LogP contribution in [0.1, 0.15) is 38.5 Å². The molecule has 2 nitrogen and oxygen atoms in total. The molecule has 0 unspecified atom stereocenters. The summed E-state index contributed by atoms with van der Waals surface area (Å²) in [5.74, 6) is 4.37. The van der Waals surface area contributed by atoms with E-state index in [1.54, 1.807) is 32.1 Å². The smallest absolute Gasteiger partial charge is 0.0916 e. The van der Waals surface area contributed by atoms with Gasteiger partial charge in [-0.05, 0) is 43.9 Å². The lowest BCUT2D eigenvalue weighted by Gasteiger charge is -2.52. The van der Waals surface area contributed by atoms with Crippen LogP contribution in [0, 0.1) is 23.7 Å². The standard InChI is InChI=1S/C14H25NO/c1-16-4-2-3-15-14-12-6-10-5-11(8-12)9-13(14)7-10/h10-15H,2-9H2,1H3/p+1. The van der Waals surface area contributed by atoms with E-state index in [0.717, 1.165) is 36.3 Å². The van der Waals surface area contributed by atoms with E-state index in [1.165, 1.54) is 13.0 Å². The van der Waals surface area contributed by atoms with Gasteiger partial charge in [0.25, 0.3) is 0 Å². The molecule has 0 heterocycles. The van der Waals surface area contributed by atoms with E-state index in [4.69, 9.17) is 4.74 Å². The van der Waals surface area contributed by atoms with Gasteiger partial charge in [0.15, 0.2) is 0 Å². The van der Waals surface area contributed by atoms with Crippen molar-refractivity contribution in [2.24, 2.45) is 23.7 Å². The summed E-state index contributed by atoms with van der Waals surface area (Å²) in [6.07, 6.45) is 9.01. The number of rotatable bonds is 5. The first-order chi connectivity index (χ1) is 7.86. The van der Waals surface area contributed by atoms with Gasteiger partial charge in [0, 0.05) is 25.4 Å². The molecule has 4 saturated carbocycles. The number of hydrogen-bond donors (Lipinski definition) is 1. The summed E-state index contributed by atoms with van der Waals surface area (Å²) in [4.78, 5) is 0. The largest absolute Gasteiger partial charge is 0.384 e. The van der Waals surface area contributed by atoms with Crippen LogP contribution in [0.2, 0.25) is 0 Å². The second kappa shape index (κ2) is 4.66. The minimum atomic E-state index is 0.934. The van der Waals surface area contributed by atoms with Crippen LogP contribution in [0.15, 0.2) is 0 Å². The molecule has 92 valence electrons. The first-order valence-electron chi connectivity index (χ1n) is 7.19. The third-order valence-corrected chi connectivity index (χ3v) is 5.29. The van der Waals surface area contributed by atoms with Crippen molar-refractivity contribution in [3.05, 3.63) is 0 Å². The Morgan fingerprint density at radius 1 is 1.00 bits per heavy atom. The second-order valence-electron chi connectivity index (χ2n) is 6.38. The van der Waals surface area contributed by atoms with E-state index < -0.39 is 0 Å². The zero-order valence-electron chi connectivity index (χ0n) is 10.5. The summed E-state index contributed by atoms with van der Waals surface area (Å²) < 4.78 is 5.13. The lowest BCUT2D eigenvalue weighted by molar-refractivity contribution is -0.709. The molecule has 4 rings (SSSR count). The van der Waals surface area contributed by atoms with Crippen molar-refractivity contribution in [1.29, 1.82) is 0 Å². The average molecular weight is 224 g/mol. The summed E-state index contributed by atoms with van der Waals surface area (Å²) >= 11 is 0. The van der Waals surface area contributed by atoms with Gasteiger partial charge in [0.1, 0.15) is 0 Å². The maximum Gasteiger partial charge on any atom is 0.0916 e. The Morgan fingerprint density at radius 2 is 1.62 bits per heavy atom. The van der Waals surface area contributed by atoms with Crippen LogP contribution in [0.4, 0.5) is 0 Å². The zero-order chi connectivity index (χ0) is 11.0. The van der Waals surface area contributed by atoms with Gasteiger partial charge in [-0.1, -0.05) is 0 Å². The summed E-state index contributed by atoms with van der Waals surface area (Å²) in [7, 11) is 1.81. The van der Waals surface area contributed by atoms with Crippen LogP contribution < -0.4 is 5.32 Å².